The maximum Gasteiger partial charge on any atom is 0.335 e. The van der Waals surface area contributed by atoms with Gasteiger partial charge in [-0.25, -0.2) is 4.79 Å². The number of nitrogens with zero attached hydrogens (tertiary/aromatic N) is 1. The van der Waals surface area contributed by atoms with Gasteiger partial charge in [0.1, 0.15) is 0 Å². The standard InChI is InChI=1S/C18H23NO4/c20-17(8-3-13-1-4-15(5-2-13)18(21)22)19(16-6-7-16)11-14-9-10-23-12-14/h1-2,4-5,14,16H,3,6-12H2,(H,21,22)/t14-/m0/s1. The van der Waals surface area contributed by atoms with E-state index in [9.17, 15) is 9.59 Å². The van der Waals surface area contributed by atoms with Gasteiger partial charge in [0.15, 0.2) is 0 Å². The van der Waals surface area contributed by atoms with Crippen molar-refractivity contribution in [3.8, 4) is 0 Å². The van der Waals surface area contributed by atoms with Gasteiger partial charge in [-0.3, -0.25) is 4.79 Å². The molecule has 1 aliphatic heterocycles. The molecule has 0 radical (unpaired) electrons. The van der Waals surface area contributed by atoms with E-state index in [2.05, 4.69) is 0 Å². The number of hydrogen-bond donors (Lipinski definition) is 1. The molecule has 1 N–H and O–H groups in total. The Balaban J connectivity index is 1.53. The van der Waals surface area contributed by atoms with Gasteiger partial charge in [0, 0.05) is 31.5 Å². The summed E-state index contributed by atoms with van der Waals surface area (Å²) < 4.78 is 5.41. The van der Waals surface area contributed by atoms with Crippen molar-refractivity contribution in [2.45, 2.75) is 38.1 Å². The minimum atomic E-state index is -0.925. The van der Waals surface area contributed by atoms with Crippen LogP contribution in [0.1, 0.15) is 41.6 Å². The Morgan fingerprint density at radius 3 is 2.48 bits per heavy atom. The van der Waals surface area contributed by atoms with Crippen molar-refractivity contribution < 1.29 is 19.4 Å². The fraction of sp³-hybridized carbons (Fsp3) is 0.556. The highest BCUT2D eigenvalue weighted by Crippen LogP contribution is 2.29. The topological polar surface area (TPSA) is 66.8 Å². The van der Waals surface area contributed by atoms with E-state index in [0.29, 0.717) is 24.8 Å². The second-order valence-electron chi connectivity index (χ2n) is 6.51. The Morgan fingerprint density at radius 1 is 1.17 bits per heavy atom. The first-order valence-electron chi connectivity index (χ1n) is 8.33. The molecule has 5 heteroatoms. The molecule has 5 nitrogen and oxygen atoms in total. The van der Waals surface area contributed by atoms with E-state index in [-0.39, 0.29) is 11.5 Å². The molecular weight excluding hydrogens is 294 g/mol. The fourth-order valence-corrected chi connectivity index (χ4v) is 3.06. The lowest BCUT2D eigenvalue weighted by Crippen LogP contribution is -2.37. The molecule has 1 saturated heterocycles. The van der Waals surface area contributed by atoms with Crippen molar-refractivity contribution in [1.29, 1.82) is 0 Å². The first kappa shape index (κ1) is 16.0. The third-order valence-electron chi connectivity index (χ3n) is 4.62. The lowest BCUT2D eigenvalue weighted by molar-refractivity contribution is -0.132. The molecule has 23 heavy (non-hydrogen) atoms. The largest absolute Gasteiger partial charge is 0.478 e. The summed E-state index contributed by atoms with van der Waals surface area (Å²) in [6.45, 7) is 2.40. The zero-order valence-corrected chi connectivity index (χ0v) is 13.2. The molecule has 0 spiro atoms. The molecule has 1 heterocycles. The average Bonchev–Trinajstić information content (AvgIpc) is 3.26. The fourth-order valence-electron chi connectivity index (χ4n) is 3.06. The number of aryl methyl sites for hydroxylation is 1. The predicted molar refractivity (Wildman–Crippen MR) is 85.4 cm³/mol. The minimum absolute atomic E-state index is 0.210. The zero-order valence-electron chi connectivity index (χ0n) is 13.2. The third kappa shape index (κ3) is 4.32. The Kier molecular flexibility index (Phi) is 4.96. The van der Waals surface area contributed by atoms with Gasteiger partial charge in [0.2, 0.25) is 5.91 Å². The zero-order chi connectivity index (χ0) is 16.2. The molecule has 0 bridgehead atoms. The first-order chi connectivity index (χ1) is 11.1. The number of carboxylic acid groups (broad SMARTS) is 1. The van der Waals surface area contributed by atoms with Crippen LogP contribution in [0.2, 0.25) is 0 Å². The minimum Gasteiger partial charge on any atom is -0.478 e. The van der Waals surface area contributed by atoms with Crippen LogP contribution >= 0.6 is 0 Å². The summed E-state index contributed by atoms with van der Waals surface area (Å²) in [5, 5.41) is 8.90. The quantitative estimate of drug-likeness (QED) is 0.838. The van der Waals surface area contributed by atoms with Crippen molar-refractivity contribution in [1.82, 2.24) is 4.90 Å². The van der Waals surface area contributed by atoms with Gasteiger partial charge >= 0.3 is 5.97 Å². The van der Waals surface area contributed by atoms with E-state index in [4.69, 9.17) is 9.84 Å². The molecule has 1 aromatic rings. The highest BCUT2D eigenvalue weighted by Gasteiger charge is 2.34. The Morgan fingerprint density at radius 2 is 1.91 bits per heavy atom. The van der Waals surface area contributed by atoms with Gasteiger partial charge in [-0.05, 0) is 43.4 Å². The molecule has 1 aliphatic carbocycles. The van der Waals surface area contributed by atoms with Gasteiger partial charge in [0.05, 0.1) is 12.2 Å². The van der Waals surface area contributed by atoms with Crippen molar-refractivity contribution >= 4 is 11.9 Å². The van der Waals surface area contributed by atoms with Gasteiger partial charge in [-0.1, -0.05) is 12.1 Å². The molecule has 1 saturated carbocycles. The van der Waals surface area contributed by atoms with Crippen LogP contribution in [-0.2, 0) is 16.0 Å². The van der Waals surface area contributed by atoms with E-state index in [0.717, 1.165) is 44.6 Å². The van der Waals surface area contributed by atoms with E-state index in [1.54, 1.807) is 24.3 Å². The number of carboxylic acids is 1. The van der Waals surface area contributed by atoms with E-state index < -0.39 is 5.97 Å². The molecule has 1 atom stereocenters. The average molecular weight is 317 g/mol. The number of carbonyl (C=O) groups is 2. The smallest absolute Gasteiger partial charge is 0.335 e. The SMILES string of the molecule is O=C(O)c1ccc(CCC(=O)N(C[C@@H]2CCOC2)C2CC2)cc1. The second-order valence-corrected chi connectivity index (χ2v) is 6.51. The summed E-state index contributed by atoms with van der Waals surface area (Å²) in [6.07, 6.45) is 4.42. The van der Waals surface area contributed by atoms with Gasteiger partial charge in [-0.15, -0.1) is 0 Å². The van der Waals surface area contributed by atoms with Crippen LogP contribution in [-0.4, -0.2) is 47.7 Å². The summed E-state index contributed by atoms with van der Waals surface area (Å²) in [7, 11) is 0. The molecule has 0 aromatic heterocycles. The number of rotatable bonds is 7. The van der Waals surface area contributed by atoms with Gasteiger partial charge in [-0.2, -0.15) is 0 Å². The van der Waals surface area contributed by atoms with E-state index in [1.165, 1.54) is 0 Å². The Bertz CT molecular complexity index is 559. The highest BCUT2D eigenvalue weighted by molar-refractivity contribution is 5.87. The Hall–Kier alpha value is -1.88. The molecule has 2 aliphatic rings. The maximum atomic E-state index is 12.6. The molecule has 124 valence electrons. The van der Waals surface area contributed by atoms with E-state index >= 15 is 0 Å². The van der Waals surface area contributed by atoms with Crippen molar-refractivity contribution in [2.24, 2.45) is 5.92 Å². The lowest BCUT2D eigenvalue weighted by atomic mass is 10.1. The van der Waals surface area contributed by atoms with Crippen molar-refractivity contribution in [3.05, 3.63) is 35.4 Å². The number of aromatic carboxylic acids is 1. The number of amides is 1. The molecule has 2 fully saturated rings. The van der Waals surface area contributed by atoms with Crippen LogP contribution in [0, 0.1) is 5.92 Å². The molecular formula is C18H23NO4. The number of hydrogen-bond acceptors (Lipinski definition) is 3. The summed E-state index contributed by atoms with van der Waals surface area (Å²) in [6, 6.07) is 7.21. The van der Waals surface area contributed by atoms with Crippen LogP contribution < -0.4 is 0 Å². The second kappa shape index (κ2) is 7.13. The van der Waals surface area contributed by atoms with Gasteiger partial charge in [0.25, 0.3) is 0 Å². The molecule has 3 rings (SSSR count). The monoisotopic (exact) mass is 317 g/mol. The van der Waals surface area contributed by atoms with Gasteiger partial charge < -0.3 is 14.7 Å². The van der Waals surface area contributed by atoms with Crippen LogP contribution in [0.25, 0.3) is 0 Å². The predicted octanol–water partition coefficient (Wildman–Crippen LogP) is 2.34. The lowest BCUT2D eigenvalue weighted by Gasteiger charge is -2.25. The van der Waals surface area contributed by atoms with Crippen LogP contribution in [0.4, 0.5) is 0 Å². The van der Waals surface area contributed by atoms with Crippen LogP contribution in [0.3, 0.4) is 0 Å². The van der Waals surface area contributed by atoms with Crippen LogP contribution in [0.5, 0.6) is 0 Å². The number of ether oxygens (including phenoxy) is 1. The van der Waals surface area contributed by atoms with Crippen LogP contribution in [0.15, 0.2) is 24.3 Å². The molecule has 1 aromatic carbocycles. The third-order valence-corrected chi connectivity index (χ3v) is 4.62. The summed E-state index contributed by atoms with van der Waals surface area (Å²) >= 11 is 0. The number of benzene rings is 1. The first-order valence-corrected chi connectivity index (χ1v) is 8.33. The summed E-state index contributed by atoms with van der Waals surface area (Å²) in [5.41, 5.74) is 1.28. The molecule has 0 unspecified atom stereocenters. The Labute approximate surface area is 136 Å². The summed E-state index contributed by atoms with van der Waals surface area (Å²) in [5.74, 6) is -0.234. The summed E-state index contributed by atoms with van der Waals surface area (Å²) in [4.78, 5) is 25.4. The van der Waals surface area contributed by atoms with Crippen molar-refractivity contribution in [2.75, 3.05) is 19.8 Å². The normalized spacial score (nSPS) is 20.4. The number of carbonyl (C=O) groups excluding carboxylic acids is 1. The highest BCUT2D eigenvalue weighted by atomic mass is 16.5. The maximum absolute atomic E-state index is 12.6. The van der Waals surface area contributed by atoms with Crippen molar-refractivity contribution in [3.63, 3.8) is 0 Å². The molecule has 1 amide bonds. The van der Waals surface area contributed by atoms with E-state index in [1.807, 2.05) is 4.90 Å².